The number of hydrogen-bond donors (Lipinski definition) is 2. The third-order valence-electron chi connectivity index (χ3n) is 4.04. The molecule has 1 aromatic heterocycles. The fourth-order valence-electron chi connectivity index (χ4n) is 2.62. The summed E-state index contributed by atoms with van der Waals surface area (Å²) < 4.78 is 11.1. The van der Waals surface area contributed by atoms with Gasteiger partial charge in [-0.25, -0.2) is 4.98 Å². The highest BCUT2D eigenvalue weighted by molar-refractivity contribution is 8.00. The number of carbonyl (C=O) groups excluding carboxylic acids is 1. The van der Waals surface area contributed by atoms with E-state index in [0.717, 1.165) is 17.3 Å². The Bertz CT molecular complexity index is 996. The average molecular weight is 395 g/mol. The fraction of sp³-hybridized carbons (Fsp3) is 0.263. The number of thioether (sulfide) groups is 1. The topological polar surface area (TPSA) is 134 Å². The summed E-state index contributed by atoms with van der Waals surface area (Å²) in [5.74, 6) is 1.23. The summed E-state index contributed by atoms with van der Waals surface area (Å²) in [5.41, 5.74) is 6.93. The Morgan fingerprint density at radius 2 is 1.96 bits per heavy atom. The summed E-state index contributed by atoms with van der Waals surface area (Å²) in [4.78, 5) is 16.4. The van der Waals surface area contributed by atoms with Crippen LogP contribution in [-0.2, 0) is 4.79 Å². The number of pyridine rings is 1. The van der Waals surface area contributed by atoms with Gasteiger partial charge in [-0.15, -0.1) is 0 Å². The lowest BCUT2D eigenvalue weighted by molar-refractivity contribution is -0.119. The van der Waals surface area contributed by atoms with Crippen molar-refractivity contribution in [1.82, 2.24) is 10.3 Å². The highest BCUT2D eigenvalue weighted by atomic mass is 32.2. The molecule has 0 fully saturated rings. The number of nitrogens with two attached hydrogens (primary N) is 1. The van der Waals surface area contributed by atoms with E-state index in [0.29, 0.717) is 29.7 Å². The van der Waals surface area contributed by atoms with E-state index in [4.69, 9.17) is 20.5 Å². The van der Waals surface area contributed by atoms with E-state index in [9.17, 15) is 10.1 Å². The zero-order valence-electron chi connectivity index (χ0n) is 15.1. The number of nitrogens with zero attached hydrogens (tertiary/aromatic N) is 3. The maximum atomic E-state index is 12.3. The van der Waals surface area contributed by atoms with Crippen LogP contribution in [0.25, 0.3) is 0 Å². The summed E-state index contributed by atoms with van der Waals surface area (Å²) in [7, 11) is 0. The SMILES string of the molecule is C[C@H](NC(=O)CSc1nc(N)c(C#N)cc1C#N)c1ccc2c(c1)OCCO2. The summed E-state index contributed by atoms with van der Waals surface area (Å²) in [6, 6.07) is 10.5. The lowest BCUT2D eigenvalue weighted by Crippen LogP contribution is -2.28. The largest absolute Gasteiger partial charge is 0.486 e. The zero-order valence-corrected chi connectivity index (χ0v) is 15.9. The third kappa shape index (κ3) is 4.27. The molecule has 9 heteroatoms. The number of ether oxygens (including phenoxy) is 2. The predicted molar refractivity (Wildman–Crippen MR) is 103 cm³/mol. The molecule has 142 valence electrons. The number of anilines is 1. The first-order valence-corrected chi connectivity index (χ1v) is 9.42. The van der Waals surface area contributed by atoms with E-state index in [2.05, 4.69) is 10.3 Å². The van der Waals surface area contributed by atoms with Gasteiger partial charge in [-0.05, 0) is 30.7 Å². The molecule has 1 aromatic carbocycles. The molecule has 0 radical (unpaired) electrons. The number of hydrogen-bond acceptors (Lipinski definition) is 8. The van der Waals surface area contributed by atoms with Crippen LogP contribution in [0.15, 0.2) is 29.3 Å². The smallest absolute Gasteiger partial charge is 0.230 e. The number of benzene rings is 1. The highest BCUT2D eigenvalue weighted by Crippen LogP contribution is 2.32. The van der Waals surface area contributed by atoms with Crippen molar-refractivity contribution in [3.8, 4) is 23.6 Å². The second-order valence-electron chi connectivity index (χ2n) is 5.98. The van der Waals surface area contributed by atoms with Crippen LogP contribution in [0, 0.1) is 22.7 Å². The molecule has 1 atom stereocenters. The Morgan fingerprint density at radius 3 is 2.68 bits per heavy atom. The maximum Gasteiger partial charge on any atom is 0.230 e. The Hall–Kier alpha value is -3.43. The molecular formula is C19H17N5O3S. The van der Waals surface area contributed by atoms with Crippen molar-refractivity contribution in [2.75, 3.05) is 24.7 Å². The van der Waals surface area contributed by atoms with Crippen molar-refractivity contribution in [1.29, 1.82) is 10.5 Å². The van der Waals surface area contributed by atoms with Crippen LogP contribution in [0.3, 0.4) is 0 Å². The zero-order chi connectivity index (χ0) is 20.1. The fourth-order valence-corrected chi connectivity index (χ4v) is 3.39. The minimum absolute atomic E-state index is 0.0362. The number of nitrogens with one attached hydrogen (secondary N) is 1. The molecule has 2 heterocycles. The Morgan fingerprint density at radius 1 is 1.25 bits per heavy atom. The van der Waals surface area contributed by atoms with Crippen LogP contribution in [0.1, 0.15) is 29.7 Å². The standard InChI is InChI=1S/C19H17N5O3S/c1-11(12-2-3-15-16(7-12)27-5-4-26-15)23-17(25)10-28-19-14(9-21)6-13(8-20)18(22)24-19/h2-3,6-7,11H,4-5,10H2,1H3,(H2,22,24)(H,23,25)/t11-/m0/s1. The number of nitriles is 2. The van der Waals surface area contributed by atoms with Crippen molar-refractivity contribution < 1.29 is 14.3 Å². The van der Waals surface area contributed by atoms with Crippen LogP contribution in [0.2, 0.25) is 0 Å². The highest BCUT2D eigenvalue weighted by Gasteiger charge is 2.17. The molecule has 8 nitrogen and oxygen atoms in total. The predicted octanol–water partition coefficient (Wildman–Crippen LogP) is 2.15. The molecular weight excluding hydrogens is 378 g/mol. The number of carbonyl (C=O) groups is 1. The number of rotatable bonds is 5. The lowest BCUT2D eigenvalue weighted by Gasteiger charge is -2.21. The van der Waals surface area contributed by atoms with Crippen LogP contribution in [-0.4, -0.2) is 29.9 Å². The van der Waals surface area contributed by atoms with E-state index in [1.54, 1.807) is 0 Å². The molecule has 1 aliphatic heterocycles. The molecule has 0 spiro atoms. The molecule has 0 unspecified atom stereocenters. The Balaban J connectivity index is 1.63. The van der Waals surface area contributed by atoms with Crippen molar-refractivity contribution in [3.05, 3.63) is 41.0 Å². The molecule has 1 amide bonds. The lowest BCUT2D eigenvalue weighted by atomic mass is 10.1. The second-order valence-corrected chi connectivity index (χ2v) is 6.94. The van der Waals surface area contributed by atoms with Crippen LogP contribution in [0.4, 0.5) is 5.82 Å². The third-order valence-corrected chi connectivity index (χ3v) is 5.03. The van der Waals surface area contributed by atoms with Gasteiger partial charge < -0.3 is 20.5 Å². The number of amides is 1. The first-order chi connectivity index (χ1) is 13.5. The van der Waals surface area contributed by atoms with E-state index >= 15 is 0 Å². The van der Waals surface area contributed by atoms with E-state index in [1.807, 2.05) is 37.3 Å². The van der Waals surface area contributed by atoms with Crippen LogP contribution < -0.4 is 20.5 Å². The van der Waals surface area contributed by atoms with Gasteiger partial charge in [0.2, 0.25) is 5.91 Å². The normalized spacial score (nSPS) is 13.1. The van der Waals surface area contributed by atoms with Gasteiger partial charge >= 0.3 is 0 Å². The number of fused-ring (bicyclic) bond motifs is 1. The van der Waals surface area contributed by atoms with Crippen LogP contribution in [0.5, 0.6) is 11.5 Å². The van der Waals surface area contributed by atoms with Gasteiger partial charge in [0.1, 0.15) is 36.2 Å². The summed E-state index contributed by atoms with van der Waals surface area (Å²) in [5, 5.41) is 21.4. The molecule has 28 heavy (non-hydrogen) atoms. The molecule has 0 aliphatic carbocycles. The molecule has 1 aliphatic rings. The molecule has 0 saturated carbocycles. The van der Waals surface area contributed by atoms with E-state index < -0.39 is 0 Å². The van der Waals surface area contributed by atoms with Crippen molar-refractivity contribution >= 4 is 23.5 Å². The van der Waals surface area contributed by atoms with Gasteiger partial charge in [0.25, 0.3) is 0 Å². The quantitative estimate of drug-likeness (QED) is 0.736. The van der Waals surface area contributed by atoms with Crippen molar-refractivity contribution in [2.45, 2.75) is 18.0 Å². The van der Waals surface area contributed by atoms with E-state index in [1.165, 1.54) is 6.07 Å². The molecule has 3 N–H and O–H groups in total. The molecule has 0 saturated heterocycles. The minimum atomic E-state index is -0.238. The first kappa shape index (κ1) is 19.3. The number of nitrogen functional groups attached to an aromatic ring is 1. The monoisotopic (exact) mass is 395 g/mol. The van der Waals surface area contributed by atoms with Crippen molar-refractivity contribution in [2.24, 2.45) is 0 Å². The Kier molecular flexibility index (Phi) is 5.87. The first-order valence-electron chi connectivity index (χ1n) is 8.44. The summed E-state index contributed by atoms with van der Waals surface area (Å²) in [6.07, 6.45) is 0. The van der Waals surface area contributed by atoms with Gasteiger partial charge in [-0.2, -0.15) is 10.5 Å². The number of aromatic nitrogens is 1. The van der Waals surface area contributed by atoms with Gasteiger partial charge in [-0.1, -0.05) is 17.8 Å². The summed E-state index contributed by atoms with van der Waals surface area (Å²) >= 11 is 1.09. The minimum Gasteiger partial charge on any atom is -0.486 e. The van der Waals surface area contributed by atoms with Gasteiger partial charge in [0.15, 0.2) is 11.5 Å². The molecule has 3 rings (SSSR count). The molecule has 0 bridgehead atoms. The molecule has 2 aromatic rings. The van der Waals surface area contributed by atoms with Gasteiger partial charge in [0.05, 0.1) is 22.9 Å². The van der Waals surface area contributed by atoms with Gasteiger partial charge in [0, 0.05) is 0 Å². The average Bonchev–Trinajstić information content (AvgIpc) is 2.71. The Labute approximate surface area is 166 Å². The van der Waals surface area contributed by atoms with Crippen molar-refractivity contribution in [3.63, 3.8) is 0 Å². The van der Waals surface area contributed by atoms with Crippen LogP contribution >= 0.6 is 11.8 Å². The van der Waals surface area contributed by atoms with Gasteiger partial charge in [-0.3, -0.25) is 4.79 Å². The maximum absolute atomic E-state index is 12.3. The second kappa shape index (κ2) is 8.51. The summed E-state index contributed by atoms with van der Waals surface area (Å²) in [6.45, 7) is 2.89. The van der Waals surface area contributed by atoms with E-state index in [-0.39, 0.29) is 34.6 Å².